The number of piperazine rings is 1. The highest BCUT2D eigenvalue weighted by atomic mass is 35.5. The van der Waals surface area contributed by atoms with E-state index in [1.807, 2.05) is 43.0 Å². The predicted molar refractivity (Wildman–Crippen MR) is 170 cm³/mol. The lowest BCUT2D eigenvalue weighted by atomic mass is 9.80. The lowest BCUT2D eigenvalue weighted by Crippen LogP contribution is -2.75. The first kappa shape index (κ1) is 33.7. The first-order chi connectivity index (χ1) is 20.6. The first-order valence-corrected chi connectivity index (χ1v) is 15.8. The van der Waals surface area contributed by atoms with Gasteiger partial charge in [0.2, 0.25) is 11.8 Å². The molecule has 2 aromatic carbocycles. The average molecular weight is 628 g/mol. The van der Waals surface area contributed by atoms with E-state index in [4.69, 9.17) is 4.74 Å². The number of aryl methyl sites for hydroxylation is 2. The first-order valence-electron chi connectivity index (χ1n) is 15.8. The Hall–Kier alpha value is -3.14. The molecule has 44 heavy (non-hydrogen) atoms. The van der Waals surface area contributed by atoms with Crippen molar-refractivity contribution in [1.82, 2.24) is 15.1 Å². The topological polar surface area (TPSA) is 119 Å². The van der Waals surface area contributed by atoms with Crippen molar-refractivity contribution in [2.24, 2.45) is 5.92 Å². The normalized spacial score (nSPS) is 21.2. The number of unbranched alkanes of at least 4 members (excludes halogenated alkanes) is 1. The molecule has 1 saturated carbocycles. The highest BCUT2D eigenvalue weighted by Crippen LogP contribution is 2.37. The van der Waals surface area contributed by atoms with Crippen LogP contribution in [0.5, 0.6) is 11.5 Å². The van der Waals surface area contributed by atoms with Gasteiger partial charge in [-0.1, -0.05) is 38.3 Å². The maximum atomic E-state index is 13.8. The fourth-order valence-electron chi connectivity index (χ4n) is 7.13. The minimum absolute atomic E-state index is 0. The molecule has 240 valence electrons. The molecular formula is C34H46ClN3O6. The predicted octanol–water partition coefficient (Wildman–Crippen LogP) is 5.23. The van der Waals surface area contributed by atoms with E-state index in [1.165, 1.54) is 0 Å². The summed E-state index contributed by atoms with van der Waals surface area (Å²) in [6.07, 6.45) is 5.98. The maximum absolute atomic E-state index is 13.8. The molecule has 2 atom stereocenters. The molecule has 9 nitrogen and oxygen atoms in total. The largest absolute Gasteiger partial charge is 0.478 e. The summed E-state index contributed by atoms with van der Waals surface area (Å²) in [5.74, 6) is 0.199. The molecule has 2 aliphatic heterocycles. The molecule has 0 radical (unpaired) electrons. The van der Waals surface area contributed by atoms with Gasteiger partial charge in [0.25, 0.3) is 0 Å². The molecule has 10 heteroatoms. The van der Waals surface area contributed by atoms with Crippen molar-refractivity contribution in [1.29, 1.82) is 0 Å². The lowest BCUT2D eigenvalue weighted by Gasteiger charge is -2.52. The van der Waals surface area contributed by atoms with Gasteiger partial charge in [-0.3, -0.25) is 14.5 Å². The molecule has 2 heterocycles. The van der Waals surface area contributed by atoms with E-state index in [-0.39, 0.29) is 35.7 Å². The Kier molecular flexibility index (Phi) is 11.0. The van der Waals surface area contributed by atoms with Gasteiger partial charge in [-0.25, -0.2) is 4.79 Å². The minimum atomic E-state index is -0.961. The average Bonchev–Trinajstić information content (AvgIpc) is 3.53. The highest BCUT2D eigenvalue weighted by Gasteiger charge is 2.55. The van der Waals surface area contributed by atoms with Crippen molar-refractivity contribution in [2.45, 2.75) is 96.4 Å². The van der Waals surface area contributed by atoms with Crippen LogP contribution in [0.3, 0.4) is 0 Å². The third-order valence-electron chi connectivity index (χ3n) is 9.66. The van der Waals surface area contributed by atoms with Gasteiger partial charge in [0.15, 0.2) is 0 Å². The van der Waals surface area contributed by atoms with Gasteiger partial charge in [0.1, 0.15) is 23.1 Å². The number of aliphatic hydroxyl groups is 1. The summed E-state index contributed by atoms with van der Waals surface area (Å²) in [5, 5.41) is 23.3. The van der Waals surface area contributed by atoms with E-state index < -0.39 is 23.7 Å². The summed E-state index contributed by atoms with van der Waals surface area (Å²) >= 11 is 0. The zero-order valence-corrected chi connectivity index (χ0v) is 26.8. The van der Waals surface area contributed by atoms with Crippen LogP contribution < -0.4 is 10.1 Å². The zero-order chi connectivity index (χ0) is 30.7. The highest BCUT2D eigenvalue weighted by molar-refractivity contribution is 6.00. The Labute approximate surface area is 266 Å². The van der Waals surface area contributed by atoms with E-state index in [0.717, 1.165) is 61.8 Å². The van der Waals surface area contributed by atoms with Gasteiger partial charge in [-0.2, -0.15) is 0 Å². The lowest BCUT2D eigenvalue weighted by molar-refractivity contribution is -0.165. The number of likely N-dealkylation sites (tertiary alicyclic amines) is 1. The summed E-state index contributed by atoms with van der Waals surface area (Å²) in [6, 6.07) is 10.3. The number of carbonyl (C=O) groups excluding carboxylic acids is 2. The number of hydrogen-bond acceptors (Lipinski definition) is 6. The van der Waals surface area contributed by atoms with Crippen molar-refractivity contribution in [2.75, 3.05) is 19.6 Å². The molecule has 2 aromatic rings. The van der Waals surface area contributed by atoms with Crippen molar-refractivity contribution in [3.8, 4) is 11.5 Å². The van der Waals surface area contributed by atoms with Crippen molar-refractivity contribution in [3.05, 3.63) is 58.7 Å². The molecule has 1 aliphatic carbocycles. The quantitative estimate of drug-likeness (QED) is 0.330. The molecule has 0 unspecified atom stereocenters. The second kappa shape index (κ2) is 14.3. The van der Waals surface area contributed by atoms with Crippen LogP contribution in [0.15, 0.2) is 36.4 Å². The molecule has 3 fully saturated rings. The number of rotatable bonds is 10. The van der Waals surface area contributed by atoms with E-state index in [9.17, 15) is 24.6 Å². The van der Waals surface area contributed by atoms with Gasteiger partial charge >= 0.3 is 5.97 Å². The number of halogens is 1. The van der Waals surface area contributed by atoms with Gasteiger partial charge in [0, 0.05) is 26.2 Å². The molecule has 3 aliphatic rings. The molecule has 5 rings (SSSR count). The Morgan fingerprint density at radius 3 is 2.25 bits per heavy atom. The monoisotopic (exact) mass is 627 g/mol. The van der Waals surface area contributed by atoms with Crippen LogP contribution in [0.2, 0.25) is 0 Å². The number of carbonyl (C=O) groups is 3. The summed E-state index contributed by atoms with van der Waals surface area (Å²) in [4.78, 5) is 42.9. The van der Waals surface area contributed by atoms with E-state index in [1.54, 1.807) is 12.1 Å². The molecule has 1 spiro atoms. The fraction of sp³-hybridized carbons (Fsp3) is 0.559. The van der Waals surface area contributed by atoms with E-state index in [0.29, 0.717) is 44.0 Å². The second-order valence-electron chi connectivity index (χ2n) is 12.6. The number of amides is 2. The third kappa shape index (κ3) is 6.90. The van der Waals surface area contributed by atoms with Gasteiger partial charge in [-0.15, -0.1) is 12.4 Å². The summed E-state index contributed by atoms with van der Waals surface area (Å²) in [6.45, 7) is 8.40. The number of aliphatic hydroxyl groups excluding tert-OH is 1. The molecule has 0 aromatic heterocycles. The number of ether oxygens (including phenoxy) is 1. The number of carboxylic acids is 1. The van der Waals surface area contributed by atoms with Crippen LogP contribution in [-0.2, 0) is 16.1 Å². The van der Waals surface area contributed by atoms with Crippen molar-refractivity contribution < 1.29 is 29.3 Å². The molecule has 2 amide bonds. The van der Waals surface area contributed by atoms with Crippen LogP contribution in [0, 0.1) is 19.8 Å². The minimum Gasteiger partial charge on any atom is -0.478 e. The Morgan fingerprint density at radius 2 is 1.68 bits per heavy atom. The molecule has 3 N–H and O–H groups in total. The maximum Gasteiger partial charge on any atom is 0.335 e. The van der Waals surface area contributed by atoms with Gasteiger partial charge in [0.05, 0.1) is 11.7 Å². The van der Waals surface area contributed by atoms with Crippen LogP contribution in [0.1, 0.15) is 85.3 Å². The summed E-state index contributed by atoms with van der Waals surface area (Å²) in [5.41, 5.74) is 2.02. The van der Waals surface area contributed by atoms with E-state index >= 15 is 0 Å². The number of piperidine rings is 1. The van der Waals surface area contributed by atoms with Crippen LogP contribution in [0.25, 0.3) is 0 Å². The Bertz CT molecular complexity index is 1310. The molecule has 2 saturated heterocycles. The smallest absolute Gasteiger partial charge is 0.335 e. The summed E-state index contributed by atoms with van der Waals surface area (Å²) < 4.78 is 6.11. The summed E-state index contributed by atoms with van der Waals surface area (Å²) in [7, 11) is 0. The molecule has 0 bridgehead atoms. The SMILES string of the molecule is CCCCN1C(=O)[C@@H]([C@H](O)C2CCCC2)NC(=O)C12CCN(Cc1ccc(Oc3c(C)cc(C(=O)O)cc3C)cc1)CC2.Cl. The second-order valence-corrected chi connectivity index (χ2v) is 12.6. The number of benzene rings is 2. The third-order valence-corrected chi connectivity index (χ3v) is 9.66. The number of hydrogen-bond donors (Lipinski definition) is 3. The Morgan fingerprint density at radius 1 is 1.07 bits per heavy atom. The van der Waals surface area contributed by atoms with Crippen molar-refractivity contribution >= 4 is 30.2 Å². The fourth-order valence-corrected chi connectivity index (χ4v) is 7.13. The molecular weight excluding hydrogens is 582 g/mol. The Balaban J connectivity index is 0.00000442. The number of carboxylic acid groups (broad SMARTS) is 1. The van der Waals surface area contributed by atoms with E-state index in [2.05, 4.69) is 17.1 Å². The number of nitrogens with one attached hydrogen (secondary N) is 1. The number of aromatic carboxylic acids is 1. The zero-order valence-electron chi connectivity index (χ0n) is 26.0. The van der Waals surface area contributed by atoms with Gasteiger partial charge in [-0.05, 0) is 92.8 Å². The standard InChI is InChI=1S/C34H45N3O6.ClH/c1-4-5-16-37-31(39)28(29(38)25-8-6-7-9-25)35-33(42)34(37)14-17-36(18-15-34)21-24-10-12-27(13-11-24)43-30-22(2)19-26(32(40)41)20-23(30)3;/h10-13,19-20,25,28-29,38H,4-9,14-18,21H2,1-3H3,(H,35,42)(H,40,41);1H/t28-,29-;/m1./s1. The van der Waals surface area contributed by atoms with Gasteiger partial charge < -0.3 is 25.2 Å². The van der Waals surface area contributed by atoms with Crippen molar-refractivity contribution in [3.63, 3.8) is 0 Å². The van der Waals surface area contributed by atoms with Crippen LogP contribution in [-0.4, -0.2) is 75.1 Å². The van der Waals surface area contributed by atoms with Crippen LogP contribution in [0.4, 0.5) is 0 Å². The van der Waals surface area contributed by atoms with Crippen LogP contribution >= 0.6 is 12.4 Å². The number of nitrogens with zero attached hydrogens (tertiary/aromatic N) is 2.